The van der Waals surface area contributed by atoms with E-state index in [0.29, 0.717) is 29.0 Å². The van der Waals surface area contributed by atoms with Crippen LogP contribution in [0.25, 0.3) is 0 Å². The predicted molar refractivity (Wildman–Crippen MR) is 117 cm³/mol. The second-order valence-electron chi connectivity index (χ2n) is 6.94. The number of anilines is 2. The fourth-order valence-corrected chi connectivity index (χ4v) is 4.04. The third kappa shape index (κ3) is 3.45. The van der Waals surface area contributed by atoms with Crippen LogP contribution in [0.5, 0.6) is 17.2 Å². The molecule has 1 atom stereocenters. The number of para-hydroxylation sites is 1. The summed E-state index contributed by atoms with van der Waals surface area (Å²) in [5.74, 6) is 2.89. The summed E-state index contributed by atoms with van der Waals surface area (Å²) in [6.07, 6.45) is 1.46. The van der Waals surface area contributed by atoms with E-state index in [-0.39, 0.29) is 6.04 Å². The fraction of sp³-hybridized carbons (Fsp3) is 0.273. The van der Waals surface area contributed by atoms with E-state index in [1.54, 1.807) is 21.3 Å². The number of methoxy groups -OCH3 is 3. The van der Waals surface area contributed by atoms with Crippen LogP contribution in [0.4, 0.5) is 11.5 Å². The molecule has 1 aromatic heterocycles. The van der Waals surface area contributed by atoms with Gasteiger partial charge in [-0.3, -0.25) is 0 Å². The van der Waals surface area contributed by atoms with Crippen LogP contribution in [-0.2, 0) is 6.54 Å². The highest BCUT2D eigenvalue weighted by Crippen LogP contribution is 2.45. The SMILES string of the molecule is COc1cc2c(c(OC)c1)C(c1ccccc1OC)Nc1c(Cl)ncnc1N(C)C2. The largest absolute Gasteiger partial charge is 0.497 e. The summed E-state index contributed by atoms with van der Waals surface area (Å²) in [5, 5.41) is 3.91. The molecule has 0 aliphatic carbocycles. The summed E-state index contributed by atoms with van der Waals surface area (Å²) in [7, 11) is 6.92. The topological polar surface area (TPSA) is 68.7 Å². The van der Waals surface area contributed by atoms with Gasteiger partial charge in [0.05, 0.1) is 27.4 Å². The summed E-state index contributed by atoms with van der Waals surface area (Å²) in [5.41, 5.74) is 3.61. The Morgan fingerprint density at radius 3 is 2.53 bits per heavy atom. The second kappa shape index (κ2) is 8.28. The molecule has 0 saturated heterocycles. The zero-order valence-corrected chi connectivity index (χ0v) is 18.0. The van der Waals surface area contributed by atoms with Crippen LogP contribution in [0.1, 0.15) is 22.7 Å². The van der Waals surface area contributed by atoms with Gasteiger partial charge in [0, 0.05) is 30.8 Å². The molecule has 0 spiro atoms. The highest BCUT2D eigenvalue weighted by Gasteiger charge is 2.30. The number of nitrogens with one attached hydrogen (secondary N) is 1. The number of hydrogen-bond acceptors (Lipinski definition) is 7. The fourth-order valence-electron chi connectivity index (χ4n) is 3.86. The van der Waals surface area contributed by atoms with Gasteiger partial charge in [-0.2, -0.15) is 0 Å². The maximum absolute atomic E-state index is 6.49. The Morgan fingerprint density at radius 2 is 1.80 bits per heavy atom. The molecule has 4 rings (SSSR count). The van der Waals surface area contributed by atoms with E-state index in [0.717, 1.165) is 28.2 Å². The van der Waals surface area contributed by atoms with E-state index in [4.69, 9.17) is 25.8 Å². The number of hydrogen-bond donors (Lipinski definition) is 1. The summed E-state index contributed by atoms with van der Waals surface area (Å²) in [6, 6.07) is 11.5. The van der Waals surface area contributed by atoms with Crippen LogP contribution >= 0.6 is 11.6 Å². The zero-order chi connectivity index (χ0) is 21.3. The third-order valence-corrected chi connectivity index (χ3v) is 5.52. The highest BCUT2D eigenvalue weighted by atomic mass is 35.5. The monoisotopic (exact) mass is 426 g/mol. The summed E-state index contributed by atoms with van der Waals surface area (Å²) < 4.78 is 17.0. The van der Waals surface area contributed by atoms with E-state index < -0.39 is 0 Å². The van der Waals surface area contributed by atoms with Crippen LogP contribution in [0.3, 0.4) is 0 Å². The second-order valence-corrected chi connectivity index (χ2v) is 7.30. The van der Waals surface area contributed by atoms with Gasteiger partial charge in [0.2, 0.25) is 0 Å². The van der Waals surface area contributed by atoms with Gasteiger partial charge in [-0.1, -0.05) is 29.8 Å². The molecule has 156 valence electrons. The molecule has 3 aromatic rings. The molecule has 1 unspecified atom stereocenters. The smallest absolute Gasteiger partial charge is 0.157 e. The maximum Gasteiger partial charge on any atom is 0.157 e. The molecule has 0 fully saturated rings. The van der Waals surface area contributed by atoms with Crippen molar-refractivity contribution >= 4 is 23.1 Å². The molecule has 30 heavy (non-hydrogen) atoms. The minimum Gasteiger partial charge on any atom is -0.497 e. The molecule has 0 radical (unpaired) electrons. The normalized spacial score (nSPS) is 15.2. The van der Waals surface area contributed by atoms with Crippen molar-refractivity contribution in [2.45, 2.75) is 12.6 Å². The van der Waals surface area contributed by atoms with Gasteiger partial charge in [0.15, 0.2) is 11.0 Å². The lowest BCUT2D eigenvalue weighted by Crippen LogP contribution is -2.27. The summed E-state index contributed by atoms with van der Waals surface area (Å²) in [6.45, 7) is 0.580. The Bertz CT molecular complexity index is 1080. The Kier molecular flexibility index (Phi) is 5.55. The first kappa shape index (κ1) is 20.1. The molecule has 2 aromatic carbocycles. The van der Waals surface area contributed by atoms with Crippen molar-refractivity contribution < 1.29 is 14.2 Å². The van der Waals surface area contributed by atoms with Gasteiger partial charge in [-0.25, -0.2) is 9.97 Å². The molecular formula is C22H23ClN4O3. The molecule has 1 aliphatic rings. The van der Waals surface area contributed by atoms with E-state index in [1.807, 2.05) is 48.3 Å². The van der Waals surface area contributed by atoms with E-state index in [1.165, 1.54) is 6.33 Å². The van der Waals surface area contributed by atoms with Crippen LogP contribution in [0.15, 0.2) is 42.7 Å². The van der Waals surface area contributed by atoms with Crippen LogP contribution in [0.2, 0.25) is 5.15 Å². The van der Waals surface area contributed by atoms with Crippen molar-refractivity contribution in [3.63, 3.8) is 0 Å². The first-order valence-electron chi connectivity index (χ1n) is 9.43. The van der Waals surface area contributed by atoms with Gasteiger partial charge in [0.1, 0.15) is 29.3 Å². The van der Waals surface area contributed by atoms with Crippen molar-refractivity contribution in [2.24, 2.45) is 0 Å². The molecule has 2 heterocycles. The van der Waals surface area contributed by atoms with Crippen molar-refractivity contribution in [3.8, 4) is 17.2 Å². The van der Waals surface area contributed by atoms with Crippen LogP contribution in [0, 0.1) is 0 Å². The number of nitrogens with zero attached hydrogens (tertiary/aromatic N) is 3. The van der Waals surface area contributed by atoms with Crippen molar-refractivity contribution in [2.75, 3.05) is 38.6 Å². The van der Waals surface area contributed by atoms with E-state index in [2.05, 4.69) is 15.3 Å². The molecule has 1 aliphatic heterocycles. The molecular weight excluding hydrogens is 404 g/mol. The van der Waals surface area contributed by atoms with Gasteiger partial charge in [-0.05, 0) is 17.7 Å². The van der Waals surface area contributed by atoms with Gasteiger partial charge in [0.25, 0.3) is 0 Å². The Morgan fingerprint density at radius 1 is 1.03 bits per heavy atom. The van der Waals surface area contributed by atoms with E-state index >= 15 is 0 Å². The third-order valence-electron chi connectivity index (χ3n) is 5.23. The molecule has 0 amide bonds. The average molecular weight is 427 g/mol. The molecule has 0 bridgehead atoms. The first-order valence-corrected chi connectivity index (χ1v) is 9.81. The van der Waals surface area contributed by atoms with E-state index in [9.17, 15) is 0 Å². The molecule has 8 heteroatoms. The van der Waals surface area contributed by atoms with Crippen LogP contribution in [-0.4, -0.2) is 38.3 Å². The number of benzene rings is 2. The minimum atomic E-state index is -0.312. The maximum atomic E-state index is 6.49. The minimum absolute atomic E-state index is 0.312. The first-order chi connectivity index (χ1) is 14.6. The Balaban J connectivity index is 2.01. The Labute approximate surface area is 180 Å². The molecule has 0 saturated carbocycles. The number of fused-ring (bicyclic) bond motifs is 2. The number of ether oxygens (including phenoxy) is 3. The lowest BCUT2D eigenvalue weighted by molar-refractivity contribution is 0.387. The average Bonchev–Trinajstić information content (AvgIpc) is 2.77. The number of aromatic nitrogens is 2. The number of halogens is 1. The lowest BCUT2D eigenvalue weighted by Gasteiger charge is -2.33. The Hall–Kier alpha value is -3.19. The molecule has 1 N–H and O–H groups in total. The lowest BCUT2D eigenvalue weighted by atomic mass is 9.91. The van der Waals surface area contributed by atoms with Crippen LogP contribution < -0.4 is 24.4 Å². The van der Waals surface area contributed by atoms with Gasteiger partial charge >= 0.3 is 0 Å². The quantitative estimate of drug-likeness (QED) is 0.623. The summed E-state index contributed by atoms with van der Waals surface area (Å²) >= 11 is 6.49. The number of rotatable bonds is 4. The van der Waals surface area contributed by atoms with Gasteiger partial charge in [-0.15, -0.1) is 0 Å². The zero-order valence-electron chi connectivity index (χ0n) is 17.3. The van der Waals surface area contributed by atoms with Crippen molar-refractivity contribution in [1.29, 1.82) is 0 Å². The van der Waals surface area contributed by atoms with Crippen molar-refractivity contribution in [1.82, 2.24) is 9.97 Å². The predicted octanol–water partition coefficient (Wildman–Crippen LogP) is 4.31. The highest BCUT2D eigenvalue weighted by molar-refractivity contribution is 6.32. The summed E-state index contributed by atoms with van der Waals surface area (Å²) in [4.78, 5) is 10.7. The van der Waals surface area contributed by atoms with Gasteiger partial charge < -0.3 is 24.4 Å². The van der Waals surface area contributed by atoms with Crippen molar-refractivity contribution in [3.05, 3.63) is 64.6 Å². The molecule has 7 nitrogen and oxygen atoms in total. The standard InChI is InChI=1S/C22H23ClN4O3/c1-27-11-13-9-14(28-2)10-17(30-4)18(13)19(15-7-5-6-8-16(15)29-3)26-20-21(23)24-12-25-22(20)27/h5-10,12,19,26H,11H2,1-4H3.